The van der Waals surface area contributed by atoms with Gasteiger partial charge in [-0.25, -0.2) is 13.2 Å². The third-order valence-corrected chi connectivity index (χ3v) is 4.24. The van der Waals surface area contributed by atoms with Crippen molar-refractivity contribution in [3.05, 3.63) is 10.6 Å². The van der Waals surface area contributed by atoms with E-state index in [4.69, 9.17) is 0 Å². The molecule has 1 aliphatic heterocycles. The van der Waals surface area contributed by atoms with Gasteiger partial charge >= 0.3 is 6.03 Å². The zero-order valence-electron chi connectivity index (χ0n) is 10.6. The van der Waals surface area contributed by atoms with E-state index in [0.29, 0.717) is 19.5 Å². The highest BCUT2D eigenvalue weighted by Crippen LogP contribution is 2.14. The van der Waals surface area contributed by atoms with Gasteiger partial charge in [-0.3, -0.25) is 0 Å². The summed E-state index contributed by atoms with van der Waals surface area (Å²) in [4.78, 5) is 13.6. The van der Waals surface area contributed by atoms with E-state index in [-0.39, 0.29) is 17.8 Å². The molecule has 0 aromatic heterocycles. The van der Waals surface area contributed by atoms with Crippen LogP contribution in [0, 0.1) is 0 Å². The molecular formula is C11H19BrN2O3S. The van der Waals surface area contributed by atoms with Crippen molar-refractivity contribution >= 4 is 31.8 Å². The molecule has 104 valence electrons. The summed E-state index contributed by atoms with van der Waals surface area (Å²) < 4.78 is 23.1. The SMILES string of the molecule is CC(CCS(C)(=O)=O)NC(=O)N1CCC=C(Br)C1. The van der Waals surface area contributed by atoms with Gasteiger partial charge in [-0.15, -0.1) is 0 Å². The number of carbonyl (C=O) groups is 1. The van der Waals surface area contributed by atoms with Gasteiger partial charge in [0.05, 0.1) is 12.3 Å². The quantitative estimate of drug-likeness (QED) is 0.844. The van der Waals surface area contributed by atoms with Gasteiger partial charge < -0.3 is 10.2 Å². The number of carbonyl (C=O) groups excluding carboxylic acids is 1. The fourth-order valence-electron chi connectivity index (χ4n) is 1.64. The minimum absolute atomic E-state index is 0.0953. The summed E-state index contributed by atoms with van der Waals surface area (Å²) in [6.45, 7) is 3.09. The van der Waals surface area contributed by atoms with Gasteiger partial charge in [0.15, 0.2) is 0 Å². The Morgan fingerprint density at radius 1 is 1.61 bits per heavy atom. The molecule has 0 aliphatic carbocycles. The molecule has 0 fully saturated rings. The van der Waals surface area contributed by atoms with E-state index < -0.39 is 9.84 Å². The molecule has 1 atom stereocenters. The molecule has 18 heavy (non-hydrogen) atoms. The number of sulfone groups is 1. The number of amides is 2. The number of rotatable bonds is 4. The first-order chi connectivity index (χ1) is 8.28. The van der Waals surface area contributed by atoms with Gasteiger partial charge in [-0.1, -0.05) is 22.0 Å². The molecule has 0 aromatic carbocycles. The highest BCUT2D eigenvalue weighted by molar-refractivity contribution is 9.11. The molecule has 0 saturated heterocycles. The molecule has 0 radical (unpaired) electrons. The summed E-state index contributed by atoms with van der Waals surface area (Å²) in [5.74, 6) is 0.0953. The van der Waals surface area contributed by atoms with Crippen LogP contribution in [0.3, 0.4) is 0 Å². The molecule has 1 N–H and O–H groups in total. The molecule has 0 spiro atoms. The van der Waals surface area contributed by atoms with E-state index in [9.17, 15) is 13.2 Å². The predicted molar refractivity (Wildman–Crippen MR) is 75.5 cm³/mol. The van der Waals surface area contributed by atoms with Crippen molar-refractivity contribution in [3.63, 3.8) is 0 Å². The Labute approximate surface area is 117 Å². The zero-order valence-corrected chi connectivity index (χ0v) is 13.1. The Morgan fingerprint density at radius 3 is 2.83 bits per heavy atom. The van der Waals surface area contributed by atoms with Crippen molar-refractivity contribution in [2.75, 3.05) is 25.1 Å². The van der Waals surface area contributed by atoms with Crippen molar-refractivity contribution in [3.8, 4) is 0 Å². The number of hydrogen-bond donors (Lipinski definition) is 1. The molecule has 7 heteroatoms. The van der Waals surface area contributed by atoms with Crippen LogP contribution in [0.2, 0.25) is 0 Å². The Hall–Kier alpha value is -0.560. The zero-order chi connectivity index (χ0) is 13.8. The lowest BCUT2D eigenvalue weighted by atomic mass is 10.2. The lowest BCUT2D eigenvalue weighted by Gasteiger charge is -2.27. The standard InChI is InChI=1S/C11H19BrN2O3S/c1-9(5-7-18(2,16)17)13-11(15)14-6-3-4-10(12)8-14/h4,9H,3,5-8H2,1-2H3,(H,13,15). The van der Waals surface area contributed by atoms with Crippen LogP contribution in [-0.4, -0.2) is 50.5 Å². The lowest BCUT2D eigenvalue weighted by molar-refractivity contribution is 0.198. The van der Waals surface area contributed by atoms with E-state index in [0.717, 1.165) is 10.9 Å². The molecule has 0 saturated carbocycles. The number of nitrogens with one attached hydrogen (secondary N) is 1. The molecule has 1 rings (SSSR count). The monoisotopic (exact) mass is 338 g/mol. The van der Waals surface area contributed by atoms with Gasteiger partial charge in [0.1, 0.15) is 9.84 Å². The van der Waals surface area contributed by atoms with Crippen LogP contribution >= 0.6 is 15.9 Å². The van der Waals surface area contributed by atoms with Crippen molar-refractivity contribution < 1.29 is 13.2 Å². The van der Waals surface area contributed by atoms with E-state index >= 15 is 0 Å². The van der Waals surface area contributed by atoms with Gasteiger partial charge in [-0.05, 0) is 19.8 Å². The van der Waals surface area contributed by atoms with Gasteiger partial charge in [0, 0.05) is 23.3 Å². The Morgan fingerprint density at radius 2 is 2.28 bits per heavy atom. The van der Waals surface area contributed by atoms with Gasteiger partial charge in [0.2, 0.25) is 0 Å². The second-order valence-corrected chi connectivity index (χ2v) is 7.91. The highest BCUT2D eigenvalue weighted by atomic mass is 79.9. The van der Waals surface area contributed by atoms with Crippen LogP contribution < -0.4 is 5.32 Å². The minimum Gasteiger partial charge on any atom is -0.335 e. The smallest absolute Gasteiger partial charge is 0.317 e. The number of nitrogens with zero attached hydrogens (tertiary/aromatic N) is 1. The van der Waals surface area contributed by atoms with Crippen molar-refractivity contribution in [2.24, 2.45) is 0 Å². The Bertz CT molecular complexity index is 434. The fourth-order valence-corrected chi connectivity index (χ4v) is 2.95. The first kappa shape index (κ1) is 15.5. The largest absolute Gasteiger partial charge is 0.335 e. The summed E-state index contributed by atoms with van der Waals surface area (Å²) in [7, 11) is -2.97. The van der Waals surface area contributed by atoms with Crippen LogP contribution in [0.25, 0.3) is 0 Å². The highest BCUT2D eigenvalue weighted by Gasteiger charge is 2.19. The second-order valence-electron chi connectivity index (χ2n) is 4.63. The van der Waals surface area contributed by atoms with Gasteiger partial charge in [0.25, 0.3) is 0 Å². The maximum absolute atomic E-state index is 11.9. The summed E-state index contributed by atoms with van der Waals surface area (Å²) in [5.41, 5.74) is 0. The van der Waals surface area contributed by atoms with Crippen molar-refractivity contribution in [1.82, 2.24) is 10.2 Å². The number of halogens is 1. The number of hydrogen-bond acceptors (Lipinski definition) is 3. The second kappa shape index (κ2) is 6.56. The summed E-state index contributed by atoms with van der Waals surface area (Å²) in [6, 6.07) is -0.280. The third-order valence-electron chi connectivity index (χ3n) is 2.69. The average molecular weight is 339 g/mol. The molecule has 0 aromatic rings. The Kier molecular flexibility index (Phi) is 5.65. The lowest BCUT2D eigenvalue weighted by Crippen LogP contribution is -2.46. The fraction of sp³-hybridized carbons (Fsp3) is 0.727. The molecule has 1 aliphatic rings. The summed E-state index contributed by atoms with van der Waals surface area (Å²) >= 11 is 3.38. The molecule has 5 nitrogen and oxygen atoms in total. The topological polar surface area (TPSA) is 66.5 Å². The molecular weight excluding hydrogens is 320 g/mol. The Balaban J connectivity index is 2.38. The minimum atomic E-state index is -2.97. The maximum Gasteiger partial charge on any atom is 0.317 e. The summed E-state index contributed by atoms with van der Waals surface area (Å²) in [5, 5.41) is 2.82. The molecule has 1 heterocycles. The van der Waals surface area contributed by atoms with E-state index in [1.165, 1.54) is 6.26 Å². The van der Waals surface area contributed by atoms with Crippen LogP contribution in [0.5, 0.6) is 0 Å². The first-order valence-corrected chi connectivity index (χ1v) is 8.71. The molecule has 1 unspecified atom stereocenters. The van der Waals surface area contributed by atoms with E-state index in [1.807, 2.05) is 6.92 Å². The predicted octanol–water partition coefficient (Wildman–Crippen LogP) is 1.50. The van der Waals surface area contributed by atoms with Crippen molar-refractivity contribution in [2.45, 2.75) is 25.8 Å². The van der Waals surface area contributed by atoms with Gasteiger partial charge in [-0.2, -0.15) is 0 Å². The van der Waals surface area contributed by atoms with E-state index in [1.54, 1.807) is 4.90 Å². The van der Waals surface area contributed by atoms with Crippen LogP contribution in [0.15, 0.2) is 10.6 Å². The number of urea groups is 1. The van der Waals surface area contributed by atoms with Crippen LogP contribution in [0.1, 0.15) is 19.8 Å². The normalized spacial score (nSPS) is 18.2. The average Bonchev–Trinajstić information content (AvgIpc) is 2.25. The first-order valence-electron chi connectivity index (χ1n) is 5.85. The molecule has 0 bridgehead atoms. The van der Waals surface area contributed by atoms with Crippen molar-refractivity contribution in [1.29, 1.82) is 0 Å². The van der Waals surface area contributed by atoms with E-state index in [2.05, 4.69) is 27.3 Å². The molecule has 2 amide bonds. The summed E-state index contributed by atoms with van der Waals surface area (Å²) in [6.07, 6.45) is 4.53. The maximum atomic E-state index is 11.9. The van der Waals surface area contributed by atoms with Crippen LogP contribution in [-0.2, 0) is 9.84 Å². The third kappa shape index (κ3) is 5.86. The van der Waals surface area contributed by atoms with Crippen LogP contribution in [0.4, 0.5) is 4.79 Å².